The van der Waals surface area contributed by atoms with E-state index in [1.807, 2.05) is 12.1 Å². The van der Waals surface area contributed by atoms with E-state index in [1.54, 1.807) is 12.3 Å². The number of hydrogen-bond acceptors (Lipinski definition) is 1. The van der Waals surface area contributed by atoms with E-state index in [9.17, 15) is 4.39 Å². The Morgan fingerprint density at radius 3 is 3.00 bits per heavy atom. The highest BCUT2D eigenvalue weighted by atomic mass is 19.1. The molecule has 1 aromatic heterocycles. The van der Waals surface area contributed by atoms with Crippen molar-refractivity contribution in [3.8, 4) is 0 Å². The summed E-state index contributed by atoms with van der Waals surface area (Å²) < 4.78 is 12.9. The van der Waals surface area contributed by atoms with Crippen LogP contribution in [0.25, 0.3) is 10.9 Å². The van der Waals surface area contributed by atoms with Gasteiger partial charge in [-0.15, -0.1) is 0 Å². The Bertz CT molecular complexity index is 383. The van der Waals surface area contributed by atoms with Gasteiger partial charge in [-0.05, 0) is 24.6 Å². The highest BCUT2D eigenvalue weighted by Gasteiger charge is 1.99. The Kier molecular flexibility index (Phi) is 1.54. The van der Waals surface area contributed by atoms with Crippen molar-refractivity contribution in [2.24, 2.45) is 0 Å². The van der Waals surface area contributed by atoms with Crippen LogP contribution >= 0.6 is 0 Å². The normalized spacial score (nSPS) is 10.5. The van der Waals surface area contributed by atoms with Crippen molar-refractivity contribution in [3.63, 3.8) is 0 Å². The molecule has 0 unspecified atom stereocenters. The van der Waals surface area contributed by atoms with Gasteiger partial charge in [0.1, 0.15) is 5.82 Å². The third-order valence-corrected chi connectivity index (χ3v) is 1.77. The summed E-state index contributed by atoms with van der Waals surface area (Å²) in [5, 5.41) is 0.920. The summed E-state index contributed by atoms with van der Waals surface area (Å²) >= 11 is 0. The molecule has 2 heteroatoms. The van der Waals surface area contributed by atoms with E-state index in [4.69, 9.17) is 0 Å². The van der Waals surface area contributed by atoms with Gasteiger partial charge in [-0.1, -0.05) is 6.07 Å². The van der Waals surface area contributed by atoms with E-state index in [0.29, 0.717) is 11.1 Å². The zero-order valence-corrected chi connectivity index (χ0v) is 6.42. The smallest absolute Gasteiger partial charge is 0.128 e. The van der Waals surface area contributed by atoms with E-state index < -0.39 is 0 Å². The summed E-state index contributed by atoms with van der Waals surface area (Å²) in [6, 6.07) is 6.80. The first-order chi connectivity index (χ1) is 5.77. The molecule has 12 heavy (non-hydrogen) atoms. The van der Waals surface area contributed by atoms with Crippen molar-refractivity contribution < 1.29 is 4.39 Å². The maximum Gasteiger partial charge on any atom is 0.128 e. The van der Waals surface area contributed by atoms with Gasteiger partial charge in [-0.25, -0.2) is 4.39 Å². The number of halogens is 1. The van der Waals surface area contributed by atoms with Crippen LogP contribution in [0.4, 0.5) is 4.39 Å². The predicted octanol–water partition coefficient (Wildman–Crippen LogP) is 2.56. The maximum absolute atomic E-state index is 12.9. The van der Waals surface area contributed by atoms with Crippen molar-refractivity contribution in [2.45, 2.75) is 0 Å². The molecule has 0 fully saturated rings. The van der Waals surface area contributed by atoms with Crippen LogP contribution in [0.3, 0.4) is 0 Å². The Labute approximate surface area is 69.9 Å². The van der Waals surface area contributed by atoms with Gasteiger partial charge < -0.3 is 0 Å². The largest absolute Gasteiger partial charge is 0.256 e. The van der Waals surface area contributed by atoms with Crippen LogP contribution < -0.4 is 0 Å². The van der Waals surface area contributed by atoms with E-state index >= 15 is 0 Å². The summed E-state index contributed by atoms with van der Waals surface area (Å²) in [6.45, 7) is 3.57. The molecule has 0 bridgehead atoms. The molecule has 0 aliphatic carbocycles. The van der Waals surface area contributed by atoms with Crippen molar-refractivity contribution in [3.05, 3.63) is 48.8 Å². The van der Waals surface area contributed by atoms with Crippen LogP contribution in [0.1, 0.15) is 5.56 Å². The third kappa shape index (κ3) is 1.05. The first-order valence-electron chi connectivity index (χ1n) is 3.63. The van der Waals surface area contributed by atoms with Crippen LogP contribution in [0.15, 0.2) is 30.5 Å². The maximum atomic E-state index is 12.9. The van der Waals surface area contributed by atoms with Gasteiger partial charge in [0.25, 0.3) is 0 Å². The molecule has 0 saturated heterocycles. The quantitative estimate of drug-likeness (QED) is 0.577. The van der Waals surface area contributed by atoms with Crippen molar-refractivity contribution in [1.29, 1.82) is 0 Å². The number of fused-ring (bicyclic) bond motifs is 1. The monoisotopic (exact) mass is 160 g/mol. The number of benzene rings is 1. The van der Waals surface area contributed by atoms with E-state index in [-0.39, 0.29) is 5.82 Å². The lowest BCUT2D eigenvalue weighted by molar-refractivity contribution is 0.624. The molecule has 1 radical (unpaired) electrons. The van der Waals surface area contributed by atoms with Crippen LogP contribution in [0.5, 0.6) is 0 Å². The molecule has 0 saturated carbocycles. The molecule has 1 nitrogen and oxygen atoms in total. The summed E-state index contributed by atoms with van der Waals surface area (Å²) in [7, 11) is 0. The first kappa shape index (κ1) is 7.22. The first-order valence-corrected chi connectivity index (χ1v) is 3.63. The van der Waals surface area contributed by atoms with Crippen molar-refractivity contribution >= 4 is 10.9 Å². The number of nitrogens with zero attached hydrogens (tertiary/aromatic N) is 1. The molecule has 0 aliphatic rings. The van der Waals surface area contributed by atoms with E-state index in [2.05, 4.69) is 11.9 Å². The average molecular weight is 160 g/mol. The molecule has 0 N–H and O–H groups in total. The van der Waals surface area contributed by atoms with Gasteiger partial charge >= 0.3 is 0 Å². The molecule has 0 atom stereocenters. The Hall–Kier alpha value is -1.44. The fraction of sp³-hybridized carbons (Fsp3) is 0. The predicted molar refractivity (Wildman–Crippen MR) is 46.2 cm³/mol. The van der Waals surface area contributed by atoms with Crippen LogP contribution in [0, 0.1) is 12.7 Å². The lowest BCUT2D eigenvalue weighted by Crippen LogP contribution is -1.84. The second kappa shape index (κ2) is 2.55. The Morgan fingerprint density at radius 2 is 2.17 bits per heavy atom. The number of rotatable bonds is 0. The zero-order chi connectivity index (χ0) is 8.55. The SMILES string of the molecule is [CH2]c1cc2cccnc2cc1F. The molecule has 0 aliphatic heterocycles. The number of hydrogen-bond donors (Lipinski definition) is 0. The van der Waals surface area contributed by atoms with Crippen LogP contribution in [-0.2, 0) is 0 Å². The molecule has 1 aromatic carbocycles. The fourth-order valence-corrected chi connectivity index (χ4v) is 1.14. The van der Waals surface area contributed by atoms with Crippen LogP contribution in [-0.4, -0.2) is 4.98 Å². The van der Waals surface area contributed by atoms with Gasteiger partial charge in [0.15, 0.2) is 0 Å². The fourth-order valence-electron chi connectivity index (χ4n) is 1.14. The number of aromatic nitrogens is 1. The van der Waals surface area contributed by atoms with Crippen molar-refractivity contribution in [2.75, 3.05) is 0 Å². The van der Waals surface area contributed by atoms with Gasteiger partial charge in [0, 0.05) is 17.6 Å². The summed E-state index contributed by atoms with van der Waals surface area (Å²) in [4.78, 5) is 4.02. The summed E-state index contributed by atoms with van der Waals surface area (Å²) in [5.74, 6) is -0.304. The van der Waals surface area contributed by atoms with Crippen molar-refractivity contribution in [1.82, 2.24) is 4.98 Å². The number of pyridine rings is 1. The minimum atomic E-state index is -0.304. The standard InChI is InChI=1S/C10H7FN/c1-7-5-8-3-2-4-12-10(8)6-9(7)11/h2-6H,1H2. The minimum Gasteiger partial charge on any atom is -0.256 e. The molecule has 2 rings (SSSR count). The second-order valence-corrected chi connectivity index (χ2v) is 2.64. The van der Waals surface area contributed by atoms with Crippen LogP contribution in [0.2, 0.25) is 0 Å². The molecule has 2 aromatic rings. The molecular weight excluding hydrogens is 153 g/mol. The Balaban J connectivity index is 2.84. The van der Waals surface area contributed by atoms with Gasteiger partial charge in [0.05, 0.1) is 5.52 Å². The summed E-state index contributed by atoms with van der Waals surface area (Å²) in [6.07, 6.45) is 1.64. The average Bonchev–Trinajstić information content (AvgIpc) is 2.07. The molecule has 59 valence electrons. The highest BCUT2D eigenvalue weighted by Crippen LogP contribution is 2.15. The zero-order valence-electron chi connectivity index (χ0n) is 6.42. The highest BCUT2D eigenvalue weighted by molar-refractivity contribution is 5.79. The third-order valence-electron chi connectivity index (χ3n) is 1.77. The lowest BCUT2D eigenvalue weighted by atomic mass is 10.1. The molecule has 1 heterocycles. The van der Waals surface area contributed by atoms with E-state index in [0.717, 1.165) is 5.39 Å². The van der Waals surface area contributed by atoms with Gasteiger partial charge in [0.2, 0.25) is 0 Å². The lowest BCUT2D eigenvalue weighted by Gasteiger charge is -1.98. The Morgan fingerprint density at radius 1 is 1.33 bits per heavy atom. The molecule has 0 amide bonds. The van der Waals surface area contributed by atoms with E-state index in [1.165, 1.54) is 6.07 Å². The van der Waals surface area contributed by atoms with Gasteiger partial charge in [-0.3, -0.25) is 4.98 Å². The summed E-state index contributed by atoms with van der Waals surface area (Å²) in [5.41, 5.74) is 1.08. The second-order valence-electron chi connectivity index (χ2n) is 2.64. The van der Waals surface area contributed by atoms with Gasteiger partial charge in [-0.2, -0.15) is 0 Å². The molecule has 0 spiro atoms. The topological polar surface area (TPSA) is 12.9 Å². The minimum absolute atomic E-state index is 0.304. The molecular formula is C10H7FN.